The lowest BCUT2D eigenvalue weighted by Gasteiger charge is -2.24. The van der Waals surface area contributed by atoms with Gasteiger partial charge in [0.05, 0.1) is 0 Å². The van der Waals surface area contributed by atoms with Gasteiger partial charge in [0.15, 0.2) is 5.78 Å². The zero-order chi connectivity index (χ0) is 15.4. The van der Waals surface area contributed by atoms with E-state index in [2.05, 4.69) is 0 Å². The van der Waals surface area contributed by atoms with Crippen LogP contribution >= 0.6 is 0 Å². The van der Waals surface area contributed by atoms with Gasteiger partial charge in [0.25, 0.3) is 0 Å². The van der Waals surface area contributed by atoms with E-state index in [1.807, 2.05) is 0 Å². The average Bonchev–Trinajstić information content (AvgIpc) is 2.89. The number of Topliss-reactive ketones (excluding diaryl/α,β-unsaturated/α-hetero) is 1. The summed E-state index contributed by atoms with van der Waals surface area (Å²) in [5, 5.41) is 0. The lowest BCUT2D eigenvalue weighted by Crippen LogP contribution is -2.36. The molecule has 1 aliphatic heterocycles. The number of rotatable bonds is 0. The largest absolute Gasteiger partial charge is 0.444 e. The molecule has 1 fully saturated rings. The summed E-state index contributed by atoms with van der Waals surface area (Å²) in [5.74, 6) is -1.02. The normalized spacial score (nSPS) is 24.0. The van der Waals surface area contributed by atoms with Crippen LogP contribution in [0.5, 0.6) is 0 Å². The highest BCUT2D eigenvalue weighted by atomic mass is 19.1. The zero-order valence-corrected chi connectivity index (χ0v) is 12.4. The first-order chi connectivity index (χ1) is 9.78. The minimum atomic E-state index is -0.581. The van der Waals surface area contributed by atoms with Gasteiger partial charge in [-0.2, -0.15) is 0 Å². The number of amides is 1. The van der Waals surface area contributed by atoms with Crippen molar-refractivity contribution >= 4 is 11.9 Å². The van der Waals surface area contributed by atoms with E-state index >= 15 is 0 Å². The van der Waals surface area contributed by atoms with Gasteiger partial charge in [-0.3, -0.25) is 4.79 Å². The Bertz CT molecular complexity index is 620. The fourth-order valence-electron chi connectivity index (χ4n) is 3.17. The number of benzene rings is 1. The summed E-state index contributed by atoms with van der Waals surface area (Å²) in [7, 11) is 0. The molecule has 0 aromatic heterocycles. The van der Waals surface area contributed by atoms with Crippen molar-refractivity contribution in [3.8, 4) is 0 Å². The van der Waals surface area contributed by atoms with E-state index in [9.17, 15) is 14.0 Å². The van der Waals surface area contributed by atoms with Crippen LogP contribution in [-0.4, -0.2) is 35.5 Å². The number of halogens is 1. The quantitative estimate of drug-likeness (QED) is 0.738. The molecule has 0 spiro atoms. The number of ketones is 1. The summed E-state index contributed by atoms with van der Waals surface area (Å²) >= 11 is 0. The van der Waals surface area contributed by atoms with Gasteiger partial charge in [-0.25, -0.2) is 9.18 Å². The molecule has 21 heavy (non-hydrogen) atoms. The number of carbonyl (C=O) groups is 2. The molecule has 1 aromatic rings. The maximum absolute atomic E-state index is 14.0. The highest BCUT2D eigenvalue weighted by Gasteiger charge is 2.48. The van der Waals surface area contributed by atoms with Crippen molar-refractivity contribution in [2.45, 2.75) is 32.3 Å². The zero-order valence-electron chi connectivity index (χ0n) is 12.4. The molecular weight excluding hydrogens is 273 g/mol. The SMILES string of the molecule is CC(C)(C)OC(=O)N1C[C@@H]2c3c(F)cccc3C(=O)[C@@H]2C1. The van der Waals surface area contributed by atoms with Gasteiger partial charge >= 0.3 is 6.09 Å². The van der Waals surface area contributed by atoms with E-state index < -0.39 is 11.7 Å². The second-order valence-electron chi connectivity index (χ2n) is 6.66. The van der Waals surface area contributed by atoms with E-state index in [0.29, 0.717) is 24.2 Å². The van der Waals surface area contributed by atoms with Crippen LogP contribution in [0.3, 0.4) is 0 Å². The average molecular weight is 291 g/mol. The lowest BCUT2D eigenvalue weighted by molar-refractivity contribution is 0.0287. The molecule has 1 heterocycles. The third-order valence-corrected chi connectivity index (χ3v) is 4.00. The van der Waals surface area contributed by atoms with Crippen molar-refractivity contribution in [1.29, 1.82) is 0 Å². The van der Waals surface area contributed by atoms with Gasteiger partial charge in [0.1, 0.15) is 11.4 Å². The number of hydrogen-bond acceptors (Lipinski definition) is 3. The fourth-order valence-corrected chi connectivity index (χ4v) is 3.17. The Morgan fingerprint density at radius 1 is 1.29 bits per heavy atom. The molecule has 1 amide bonds. The van der Waals surface area contributed by atoms with Crippen LogP contribution in [-0.2, 0) is 4.74 Å². The van der Waals surface area contributed by atoms with Crippen molar-refractivity contribution in [3.63, 3.8) is 0 Å². The van der Waals surface area contributed by atoms with Crippen molar-refractivity contribution in [3.05, 3.63) is 35.1 Å². The minimum Gasteiger partial charge on any atom is -0.444 e. The van der Waals surface area contributed by atoms with Crippen LogP contribution in [0.1, 0.15) is 42.6 Å². The highest BCUT2D eigenvalue weighted by Crippen LogP contribution is 2.44. The maximum atomic E-state index is 14.0. The van der Waals surface area contributed by atoms with E-state index in [0.717, 1.165) is 0 Å². The van der Waals surface area contributed by atoms with Crippen molar-refractivity contribution in [2.24, 2.45) is 5.92 Å². The van der Waals surface area contributed by atoms with E-state index in [-0.39, 0.29) is 23.4 Å². The molecule has 0 radical (unpaired) electrons. The third-order valence-electron chi connectivity index (χ3n) is 4.00. The molecule has 2 aliphatic rings. The Morgan fingerprint density at radius 3 is 2.62 bits per heavy atom. The predicted octanol–water partition coefficient (Wildman–Crippen LogP) is 2.97. The Balaban J connectivity index is 1.84. The Labute approximate surface area is 122 Å². The molecule has 1 aliphatic carbocycles. The highest BCUT2D eigenvalue weighted by molar-refractivity contribution is 6.04. The first-order valence-corrected chi connectivity index (χ1v) is 7.08. The second kappa shape index (κ2) is 4.55. The van der Waals surface area contributed by atoms with Gasteiger partial charge in [0.2, 0.25) is 0 Å². The molecule has 0 unspecified atom stereocenters. The molecule has 0 saturated carbocycles. The minimum absolute atomic E-state index is 0.0689. The van der Waals surface area contributed by atoms with Crippen molar-refractivity contribution in [2.75, 3.05) is 13.1 Å². The van der Waals surface area contributed by atoms with Gasteiger partial charge in [-0.05, 0) is 26.8 Å². The summed E-state index contributed by atoms with van der Waals surface area (Å²) < 4.78 is 19.3. The number of likely N-dealkylation sites (tertiary alicyclic amines) is 1. The summed E-state index contributed by atoms with van der Waals surface area (Å²) in [4.78, 5) is 25.9. The van der Waals surface area contributed by atoms with Crippen LogP contribution < -0.4 is 0 Å². The molecule has 1 saturated heterocycles. The first-order valence-electron chi connectivity index (χ1n) is 7.08. The molecule has 4 nitrogen and oxygen atoms in total. The third kappa shape index (κ3) is 2.30. The van der Waals surface area contributed by atoms with Gasteiger partial charge in [0, 0.05) is 36.1 Å². The van der Waals surface area contributed by atoms with Gasteiger partial charge in [-0.15, -0.1) is 0 Å². The Morgan fingerprint density at radius 2 is 1.95 bits per heavy atom. The van der Waals surface area contributed by atoms with Crippen LogP contribution in [0.4, 0.5) is 9.18 Å². The Kier molecular flexibility index (Phi) is 3.04. The van der Waals surface area contributed by atoms with Gasteiger partial charge < -0.3 is 9.64 Å². The molecule has 2 atom stereocenters. The predicted molar refractivity (Wildman–Crippen MR) is 74.8 cm³/mol. The molecule has 1 aromatic carbocycles. The number of hydrogen-bond donors (Lipinski definition) is 0. The number of ether oxygens (including phenoxy) is 1. The smallest absolute Gasteiger partial charge is 0.410 e. The summed E-state index contributed by atoms with van der Waals surface area (Å²) in [6, 6.07) is 4.58. The van der Waals surface area contributed by atoms with E-state index in [1.165, 1.54) is 11.0 Å². The van der Waals surface area contributed by atoms with E-state index in [1.54, 1.807) is 32.9 Å². The molecule has 0 N–H and O–H groups in total. The summed E-state index contributed by atoms with van der Waals surface area (Å²) in [6.45, 7) is 6.01. The Hall–Kier alpha value is -1.91. The molecule has 3 rings (SSSR count). The fraction of sp³-hybridized carbons (Fsp3) is 0.500. The summed E-state index contributed by atoms with van der Waals surface area (Å²) in [6.07, 6.45) is -0.442. The number of fused-ring (bicyclic) bond motifs is 3. The van der Waals surface area contributed by atoms with Crippen molar-refractivity contribution < 1.29 is 18.7 Å². The van der Waals surface area contributed by atoms with Crippen molar-refractivity contribution in [1.82, 2.24) is 4.90 Å². The van der Waals surface area contributed by atoms with Crippen LogP contribution in [0.2, 0.25) is 0 Å². The molecule has 0 bridgehead atoms. The van der Waals surface area contributed by atoms with E-state index in [4.69, 9.17) is 4.74 Å². The topological polar surface area (TPSA) is 46.6 Å². The van der Waals surface area contributed by atoms with Crippen LogP contribution in [0, 0.1) is 11.7 Å². The van der Waals surface area contributed by atoms with Crippen LogP contribution in [0.15, 0.2) is 18.2 Å². The molecule has 5 heteroatoms. The molecule has 112 valence electrons. The monoisotopic (exact) mass is 291 g/mol. The van der Waals surface area contributed by atoms with Gasteiger partial charge in [-0.1, -0.05) is 12.1 Å². The maximum Gasteiger partial charge on any atom is 0.410 e. The molecular formula is C16H18FNO3. The number of carbonyl (C=O) groups excluding carboxylic acids is 2. The first kappa shape index (κ1) is 14.0. The van der Waals surface area contributed by atoms with Crippen LogP contribution in [0.25, 0.3) is 0 Å². The number of nitrogens with zero attached hydrogens (tertiary/aromatic N) is 1. The lowest BCUT2D eigenvalue weighted by atomic mass is 9.96. The summed E-state index contributed by atoms with van der Waals surface area (Å²) in [5.41, 5.74) is 0.342. The second-order valence-corrected chi connectivity index (χ2v) is 6.66. The standard InChI is InChI=1S/C16H18FNO3/c1-16(2,3)21-15(20)18-7-10-11(8-18)14(19)9-5-4-6-12(17)13(9)10/h4-6,10-11H,7-8H2,1-3H3/t10-,11+/m0/s1.